The fourth-order valence-electron chi connectivity index (χ4n) is 4.80. The van der Waals surface area contributed by atoms with Crippen LogP contribution in [0.5, 0.6) is 0 Å². The van der Waals surface area contributed by atoms with Crippen LogP contribution < -0.4 is 5.73 Å². The van der Waals surface area contributed by atoms with Gasteiger partial charge in [-0.1, -0.05) is 78.3 Å². The Morgan fingerprint density at radius 2 is 1.06 bits per heavy atom. The minimum Gasteiger partial charge on any atom is -0.399 e. The molecule has 0 saturated carbocycles. The summed E-state index contributed by atoms with van der Waals surface area (Å²) in [5.41, 5.74) is 12.0. The van der Waals surface area contributed by atoms with Crippen LogP contribution in [0, 0.1) is 0 Å². The van der Waals surface area contributed by atoms with E-state index >= 15 is 0 Å². The van der Waals surface area contributed by atoms with Gasteiger partial charge in [0.15, 0.2) is 11.6 Å². The Morgan fingerprint density at radius 1 is 0.571 bits per heavy atom. The number of carbonyl (C=O) groups excluding carboxylic acids is 2. The summed E-state index contributed by atoms with van der Waals surface area (Å²) in [6, 6.07) is 31.4. The number of carbonyl (C=O) groups is 2. The summed E-state index contributed by atoms with van der Waals surface area (Å²) in [5, 5.41) is 0.587. The molecule has 0 aliphatic heterocycles. The maximum absolute atomic E-state index is 14.0. The number of nitrogens with two attached hydrogens (primary N) is 1. The van der Waals surface area contributed by atoms with E-state index in [1.165, 1.54) is 0 Å². The van der Waals surface area contributed by atoms with Crippen LogP contribution in [0.2, 0.25) is 5.02 Å². The van der Waals surface area contributed by atoms with Gasteiger partial charge in [-0.25, -0.2) is 0 Å². The lowest BCUT2D eigenvalue weighted by Crippen LogP contribution is -2.20. The number of aromatic nitrogens is 1. The minimum atomic E-state index is -0.175. The Kier molecular flexibility index (Phi) is 4.90. The lowest BCUT2D eigenvalue weighted by Gasteiger charge is -2.16. The highest BCUT2D eigenvalue weighted by Crippen LogP contribution is 2.44. The predicted octanol–water partition coefficient (Wildman–Crippen LogP) is 6.82. The Morgan fingerprint density at radius 3 is 1.60 bits per heavy atom. The SMILES string of the molecule is Nc1ccc(-n2c(-c3ccccc3)c3c(c2-c2ccc(Cl)cc2)C(=O)c2ccccc2C3=O)cc1. The molecule has 0 unspecified atom stereocenters. The van der Waals surface area contributed by atoms with Gasteiger partial charge in [-0.2, -0.15) is 0 Å². The molecule has 1 aliphatic carbocycles. The third kappa shape index (κ3) is 3.30. The molecule has 5 aromatic rings. The van der Waals surface area contributed by atoms with E-state index < -0.39 is 0 Å². The highest BCUT2D eigenvalue weighted by Gasteiger charge is 2.38. The van der Waals surface area contributed by atoms with Crippen LogP contribution >= 0.6 is 11.6 Å². The topological polar surface area (TPSA) is 65.1 Å². The highest BCUT2D eigenvalue weighted by atomic mass is 35.5. The average molecular weight is 475 g/mol. The molecule has 168 valence electrons. The van der Waals surface area contributed by atoms with E-state index in [9.17, 15) is 9.59 Å². The smallest absolute Gasteiger partial charge is 0.196 e. The number of rotatable bonds is 3. The first-order chi connectivity index (χ1) is 17.0. The fourth-order valence-corrected chi connectivity index (χ4v) is 4.92. The Balaban J connectivity index is 1.80. The van der Waals surface area contributed by atoms with Crippen molar-refractivity contribution in [3.05, 3.63) is 130 Å². The number of ketones is 2. The molecule has 6 rings (SSSR count). The third-order valence-electron chi connectivity index (χ3n) is 6.36. The summed E-state index contributed by atoms with van der Waals surface area (Å²) in [6.07, 6.45) is 0. The zero-order valence-corrected chi connectivity index (χ0v) is 19.3. The Hall–Kier alpha value is -4.41. The molecule has 0 fully saturated rings. The number of anilines is 1. The van der Waals surface area contributed by atoms with Crippen molar-refractivity contribution in [2.45, 2.75) is 0 Å². The zero-order chi connectivity index (χ0) is 24.1. The van der Waals surface area contributed by atoms with E-state index in [0.717, 1.165) is 16.8 Å². The number of nitrogen functional groups attached to an aromatic ring is 1. The number of halogens is 1. The quantitative estimate of drug-likeness (QED) is 0.286. The summed E-state index contributed by atoms with van der Waals surface area (Å²) in [7, 11) is 0. The zero-order valence-electron chi connectivity index (χ0n) is 18.5. The van der Waals surface area contributed by atoms with Gasteiger partial charge in [0.1, 0.15) is 0 Å². The van der Waals surface area contributed by atoms with E-state index in [1.807, 2.05) is 71.3 Å². The van der Waals surface area contributed by atoms with Gasteiger partial charge in [-0.3, -0.25) is 9.59 Å². The third-order valence-corrected chi connectivity index (χ3v) is 6.61. The maximum atomic E-state index is 14.0. The molecule has 2 N–H and O–H groups in total. The van der Waals surface area contributed by atoms with Crippen LogP contribution in [0.25, 0.3) is 28.2 Å². The van der Waals surface area contributed by atoms with Crippen molar-refractivity contribution < 1.29 is 9.59 Å². The highest BCUT2D eigenvalue weighted by molar-refractivity contribution is 6.33. The van der Waals surface area contributed by atoms with Gasteiger partial charge in [0.2, 0.25) is 0 Å². The van der Waals surface area contributed by atoms with Gasteiger partial charge in [0.25, 0.3) is 0 Å². The summed E-state index contributed by atoms with van der Waals surface area (Å²) >= 11 is 6.19. The Bertz CT molecular complexity index is 1620. The number of fused-ring (bicyclic) bond motifs is 2. The number of hydrogen-bond donors (Lipinski definition) is 1. The molecular formula is C30H19ClN2O2. The standard InChI is InChI=1S/C30H19ClN2O2/c31-20-12-10-19(11-13-20)28-26-25(29(34)23-8-4-5-9-24(23)30(26)35)27(18-6-2-1-3-7-18)33(28)22-16-14-21(32)15-17-22/h1-17H,32H2. The molecule has 0 amide bonds. The van der Waals surface area contributed by atoms with Crippen LogP contribution in [-0.2, 0) is 0 Å². The normalized spacial score (nSPS) is 12.4. The van der Waals surface area contributed by atoms with Gasteiger partial charge in [-0.05, 0) is 47.5 Å². The molecule has 0 saturated heterocycles. The van der Waals surface area contributed by atoms with Crippen molar-refractivity contribution >= 4 is 28.9 Å². The van der Waals surface area contributed by atoms with Gasteiger partial charge in [0.05, 0.1) is 22.5 Å². The summed E-state index contributed by atoms with van der Waals surface area (Å²) in [5.74, 6) is -0.343. The van der Waals surface area contributed by atoms with E-state index in [1.54, 1.807) is 36.4 Å². The van der Waals surface area contributed by atoms with Gasteiger partial charge < -0.3 is 10.3 Å². The first-order valence-electron chi connectivity index (χ1n) is 11.2. The van der Waals surface area contributed by atoms with Crippen molar-refractivity contribution in [3.8, 4) is 28.2 Å². The van der Waals surface area contributed by atoms with Crippen LogP contribution in [0.15, 0.2) is 103 Å². The molecule has 1 aromatic heterocycles. The Labute approximate surface area is 207 Å². The van der Waals surface area contributed by atoms with Crippen LogP contribution in [0.3, 0.4) is 0 Å². The monoisotopic (exact) mass is 474 g/mol. The molecule has 1 heterocycles. The van der Waals surface area contributed by atoms with Crippen molar-refractivity contribution in [2.75, 3.05) is 5.73 Å². The second kappa shape index (κ2) is 8.12. The first kappa shape index (κ1) is 21.1. The number of hydrogen-bond acceptors (Lipinski definition) is 3. The van der Waals surface area contributed by atoms with Crippen molar-refractivity contribution in [2.24, 2.45) is 0 Å². The van der Waals surface area contributed by atoms with E-state index in [2.05, 4.69) is 0 Å². The largest absolute Gasteiger partial charge is 0.399 e. The van der Waals surface area contributed by atoms with Crippen LogP contribution in [-0.4, -0.2) is 16.1 Å². The van der Waals surface area contributed by atoms with E-state index in [4.69, 9.17) is 17.3 Å². The van der Waals surface area contributed by atoms with Crippen molar-refractivity contribution in [1.29, 1.82) is 0 Å². The van der Waals surface area contributed by atoms with E-state index in [0.29, 0.717) is 44.4 Å². The average Bonchev–Trinajstić information content (AvgIpc) is 3.25. The van der Waals surface area contributed by atoms with Crippen LogP contribution in [0.1, 0.15) is 31.8 Å². The number of benzene rings is 4. The molecule has 0 atom stereocenters. The minimum absolute atomic E-state index is 0.168. The summed E-state index contributed by atoms with van der Waals surface area (Å²) in [6.45, 7) is 0. The molecule has 35 heavy (non-hydrogen) atoms. The molecule has 4 nitrogen and oxygen atoms in total. The van der Waals surface area contributed by atoms with Gasteiger partial charge in [0, 0.05) is 27.5 Å². The maximum Gasteiger partial charge on any atom is 0.196 e. The molecule has 0 radical (unpaired) electrons. The molecule has 5 heteroatoms. The van der Waals surface area contributed by atoms with Crippen molar-refractivity contribution in [3.63, 3.8) is 0 Å². The van der Waals surface area contributed by atoms with Gasteiger partial charge >= 0.3 is 0 Å². The van der Waals surface area contributed by atoms with E-state index in [-0.39, 0.29) is 11.6 Å². The summed E-state index contributed by atoms with van der Waals surface area (Å²) in [4.78, 5) is 28.0. The molecular weight excluding hydrogens is 456 g/mol. The molecule has 0 spiro atoms. The molecule has 4 aromatic carbocycles. The second-order valence-electron chi connectivity index (χ2n) is 8.45. The number of nitrogens with zero attached hydrogens (tertiary/aromatic N) is 1. The van der Waals surface area contributed by atoms with Crippen LogP contribution in [0.4, 0.5) is 5.69 Å². The van der Waals surface area contributed by atoms with Gasteiger partial charge in [-0.15, -0.1) is 0 Å². The second-order valence-corrected chi connectivity index (χ2v) is 8.89. The predicted molar refractivity (Wildman–Crippen MR) is 139 cm³/mol. The fraction of sp³-hybridized carbons (Fsp3) is 0. The lowest BCUT2D eigenvalue weighted by molar-refractivity contribution is 0.0981. The lowest BCUT2D eigenvalue weighted by atomic mass is 9.83. The molecule has 0 bridgehead atoms. The summed E-state index contributed by atoms with van der Waals surface area (Å²) < 4.78 is 1.99. The molecule has 1 aliphatic rings. The first-order valence-corrected chi connectivity index (χ1v) is 11.6. The van der Waals surface area contributed by atoms with Crippen molar-refractivity contribution in [1.82, 2.24) is 4.57 Å².